The average molecular weight is 519 g/mol. The highest BCUT2D eigenvalue weighted by Crippen LogP contribution is 2.15. The van der Waals surface area contributed by atoms with Gasteiger partial charge in [-0.15, -0.1) is 24.0 Å². The molecule has 8 nitrogen and oxygen atoms in total. The Morgan fingerprint density at radius 3 is 2.38 bits per heavy atom. The molecule has 0 bridgehead atoms. The number of nitrogens with one attached hydrogen (secondary N) is 1. The molecule has 3 heterocycles. The van der Waals surface area contributed by atoms with E-state index in [2.05, 4.69) is 28.1 Å². The van der Waals surface area contributed by atoms with Crippen molar-refractivity contribution >= 4 is 35.8 Å². The lowest BCUT2D eigenvalue weighted by Crippen LogP contribution is -2.54. The van der Waals surface area contributed by atoms with Gasteiger partial charge in [-0.05, 0) is 26.8 Å². The van der Waals surface area contributed by atoms with Crippen LogP contribution >= 0.6 is 24.0 Å². The van der Waals surface area contributed by atoms with Crippen molar-refractivity contribution in [3.63, 3.8) is 0 Å². The molecule has 2 aliphatic heterocycles. The number of aryl methyl sites for hydroxylation is 2. The molecule has 9 heteroatoms. The van der Waals surface area contributed by atoms with Crippen LogP contribution < -0.4 is 5.32 Å². The second-order valence-corrected chi connectivity index (χ2v) is 7.36. The first-order valence-electron chi connectivity index (χ1n) is 10.2. The number of morpholine rings is 1. The van der Waals surface area contributed by atoms with Gasteiger partial charge in [-0.1, -0.05) is 0 Å². The highest BCUT2D eigenvalue weighted by Gasteiger charge is 2.24. The van der Waals surface area contributed by atoms with Crippen LogP contribution in [0.1, 0.15) is 24.0 Å². The Labute approximate surface area is 190 Å². The molecule has 2 saturated heterocycles. The summed E-state index contributed by atoms with van der Waals surface area (Å²) in [4.78, 5) is 23.7. The molecule has 3 rings (SSSR count). The first-order valence-corrected chi connectivity index (χ1v) is 10.2. The molecule has 0 aromatic carbocycles. The van der Waals surface area contributed by atoms with Gasteiger partial charge in [-0.3, -0.25) is 9.69 Å². The van der Waals surface area contributed by atoms with Crippen molar-refractivity contribution in [3.8, 4) is 0 Å². The maximum Gasteiger partial charge on any atom is 0.236 e. The molecule has 2 aliphatic rings. The lowest BCUT2D eigenvalue weighted by molar-refractivity contribution is -0.136. The van der Waals surface area contributed by atoms with Gasteiger partial charge in [-0.25, -0.2) is 4.99 Å². The maximum absolute atomic E-state index is 12.4. The molecule has 0 atom stereocenters. The molecule has 1 aromatic rings. The van der Waals surface area contributed by atoms with Crippen molar-refractivity contribution in [2.45, 2.75) is 27.3 Å². The van der Waals surface area contributed by atoms with Gasteiger partial charge in [0.15, 0.2) is 5.96 Å². The number of amides is 1. The summed E-state index contributed by atoms with van der Waals surface area (Å²) in [6.45, 7) is 14.2. The van der Waals surface area contributed by atoms with E-state index in [1.165, 1.54) is 0 Å². The predicted octanol–water partition coefficient (Wildman–Crippen LogP) is 1.46. The van der Waals surface area contributed by atoms with Crippen molar-refractivity contribution < 1.29 is 13.9 Å². The Morgan fingerprint density at radius 1 is 1.10 bits per heavy atom. The van der Waals surface area contributed by atoms with E-state index in [1.54, 1.807) is 0 Å². The molecular formula is C20H34IN5O3. The summed E-state index contributed by atoms with van der Waals surface area (Å²) in [6, 6.07) is 2.05. The topological polar surface area (TPSA) is 73.6 Å². The minimum absolute atomic E-state index is 0. The first-order chi connectivity index (χ1) is 13.6. The second kappa shape index (κ2) is 11.8. The largest absolute Gasteiger partial charge is 0.466 e. The predicted molar refractivity (Wildman–Crippen MR) is 124 cm³/mol. The summed E-state index contributed by atoms with van der Waals surface area (Å²) in [5, 5.41) is 3.39. The van der Waals surface area contributed by atoms with E-state index >= 15 is 0 Å². The van der Waals surface area contributed by atoms with Crippen LogP contribution in [0.2, 0.25) is 0 Å². The number of guanidine groups is 1. The summed E-state index contributed by atoms with van der Waals surface area (Å²) in [5.41, 5.74) is 1.13. The Bertz CT molecular complexity index is 680. The number of hydrogen-bond donors (Lipinski definition) is 1. The fourth-order valence-corrected chi connectivity index (χ4v) is 3.65. The molecule has 1 N–H and O–H groups in total. The van der Waals surface area contributed by atoms with Crippen LogP contribution in [0.25, 0.3) is 0 Å². The molecule has 1 aromatic heterocycles. The standard InChI is InChI=1S/C20H33N5O3.HI/c1-4-21-20(22-14-18-13-16(2)28-17(18)3)25-7-5-23(6-8-25)15-19(26)24-9-11-27-12-10-24;/h13H,4-12,14-15H2,1-3H3,(H,21,22);1H. The zero-order valence-corrected chi connectivity index (χ0v) is 20.1. The van der Waals surface area contributed by atoms with Crippen LogP contribution in [0.4, 0.5) is 0 Å². The molecule has 164 valence electrons. The number of carbonyl (C=O) groups is 1. The van der Waals surface area contributed by atoms with Crippen LogP contribution in [0, 0.1) is 13.8 Å². The van der Waals surface area contributed by atoms with Crippen molar-refractivity contribution in [3.05, 3.63) is 23.2 Å². The fourth-order valence-electron chi connectivity index (χ4n) is 3.65. The first kappa shape index (κ1) is 23.9. The molecule has 0 aliphatic carbocycles. The summed E-state index contributed by atoms with van der Waals surface area (Å²) in [6.07, 6.45) is 0. The van der Waals surface area contributed by atoms with Gasteiger partial charge in [0.1, 0.15) is 11.5 Å². The molecule has 0 saturated carbocycles. The number of nitrogens with zero attached hydrogens (tertiary/aromatic N) is 4. The van der Waals surface area contributed by atoms with Crippen molar-refractivity contribution in [2.75, 3.05) is 65.6 Å². The molecule has 0 spiro atoms. The minimum Gasteiger partial charge on any atom is -0.466 e. The summed E-state index contributed by atoms with van der Waals surface area (Å²) in [7, 11) is 0. The second-order valence-electron chi connectivity index (χ2n) is 7.36. The fraction of sp³-hybridized carbons (Fsp3) is 0.700. The zero-order valence-electron chi connectivity index (χ0n) is 17.8. The highest BCUT2D eigenvalue weighted by atomic mass is 127. The number of carbonyl (C=O) groups excluding carboxylic acids is 1. The van der Waals surface area contributed by atoms with Crippen LogP contribution in [0.3, 0.4) is 0 Å². The van der Waals surface area contributed by atoms with Gasteiger partial charge in [0, 0.05) is 51.4 Å². The van der Waals surface area contributed by atoms with E-state index in [-0.39, 0.29) is 29.9 Å². The average Bonchev–Trinajstić information content (AvgIpc) is 3.03. The van der Waals surface area contributed by atoms with Gasteiger partial charge >= 0.3 is 0 Å². The van der Waals surface area contributed by atoms with Gasteiger partial charge < -0.3 is 24.3 Å². The third-order valence-electron chi connectivity index (χ3n) is 5.27. The van der Waals surface area contributed by atoms with Gasteiger partial charge in [-0.2, -0.15) is 0 Å². The molecule has 0 unspecified atom stereocenters. The van der Waals surface area contributed by atoms with Gasteiger partial charge in [0.05, 0.1) is 26.3 Å². The lowest BCUT2D eigenvalue weighted by Gasteiger charge is -2.37. The number of halogens is 1. The monoisotopic (exact) mass is 519 g/mol. The van der Waals surface area contributed by atoms with Crippen molar-refractivity contribution in [1.82, 2.24) is 20.0 Å². The number of hydrogen-bond acceptors (Lipinski definition) is 5. The van der Waals surface area contributed by atoms with Gasteiger partial charge in [0.25, 0.3) is 0 Å². The normalized spacial score (nSPS) is 18.5. The Morgan fingerprint density at radius 2 is 1.79 bits per heavy atom. The number of aliphatic imine (C=N–C) groups is 1. The van der Waals surface area contributed by atoms with E-state index in [4.69, 9.17) is 14.1 Å². The maximum atomic E-state index is 12.4. The van der Waals surface area contributed by atoms with Crippen LogP contribution in [-0.4, -0.2) is 92.1 Å². The molecule has 29 heavy (non-hydrogen) atoms. The van der Waals surface area contributed by atoms with Crippen molar-refractivity contribution in [1.29, 1.82) is 0 Å². The number of rotatable bonds is 5. The van der Waals surface area contributed by atoms with E-state index in [0.717, 1.165) is 55.8 Å². The molecule has 0 radical (unpaired) electrons. The summed E-state index contributed by atoms with van der Waals surface area (Å²) < 4.78 is 10.9. The van der Waals surface area contributed by atoms with Crippen molar-refractivity contribution in [2.24, 2.45) is 4.99 Å². The smallest absolute Gasteiger partial charge is 0.236 e. The quantitative estimate of drug-likeness (QED) is 0.361. The third kappa shape index (κ3) is 6.85. The zero-order chi connectivity index (χ0) is 19.9. The minimum atomic E-state index is 0. The molecular weight excluding hydrogens is 485 g/mol. The SMILES string of the molecule is CCNC(=NCc1cc(C)oc1C)N1CCN(CC(=O)N2CCOCC2)CC1.I. The van der Waals surface area contributed by atoms with E-state index in [9.17, 15) is 4.79 Å². The van der Waals surface area contributed by atoms with Gasteiger partial charge in [0.2, 0.25) is 5.91 Å². The molecule has 1 amide bonds. The number of ether oxygens (including phenoxy) is 1. The summed E-state index contributed by atoms with van der Waals surface area (Å²) >= 11 is 0. The van der Waals surface area contributed by atoms with Crippen LogP contribution in [-0.2, 0) is 16.1 Å². The Hall–Kier alpha value is -1.33. The lowest BCUT2D eigenvalue weighted by atomic mass is 10.2. The van der Waals surface area contributed by atoms with E-state index < -0.39 is 0 Å². The number of piperazine rings is 1. The van der Waals surface area contributed by atoms with Crippen LogP contribution in [0.5, 0.6) is 0 Å². The number of furan rings is 1. The summed E-state index contributed by atoms with van der Waals surface area (Å²) in [5.74, 6) is 3.00. The third-order valence-corrected chi connectivity index (χ3v) is 5.27. The Balaban J connectivity index is 0.00000300. The van der Waals surface area contributed by atoms with Crippen LogP contribution in [0.15, 0.2) is 15.5 Å². The highest BCUT2D eigenvalue weighted by molar-refractivity contribution is 14.0. The molecule has 2 fully saturated rings. The van der Waals surface area contributed by atoms with E-state index in [1.807, 2.05) is 18.7 Å². The Kier molecular flexibility index (Phi) is 9.70. The van der Waals surface area contributed by atoms with E-state index in [0.29, 0.717) is 39.4 Å².